The van der Waals surface area contributed by atoms with Crippen molar-refractivity contribution in [2.24, 2.45) is 5.92 Å². The zero-order valence-electron chi connectivity index (χ0n) is 5.21. The molecule has 1 saturated heterocycles. The Kier molecular flexibility index (Phi) is 4.79. The van der Waals surface area contributed by atoms with Gasteiger partial charge in [0.05, 0.1) is 0 Å². The van der Waals surface area contributed by atoms with E-state index in [0.29, 0.717) is 0 Å². The second kappa shape index (κ2) is 4.46. The Morgan fingerprint density at radius 2 is 1.75 bits per heavy atom. The van der Waals surface area contributed by atoms with Crippen LogP contribution in [0.2, 0.25) is 0 Å². The standard InChI is InChI=1S/C6H12N.Ru/c1-6-2-4-7-5-3-6;/h6H,2-5H2,1H3;/q-1;+1. The molecule has 0 aromatic heterocycles. The molecule has 0 saturated carbocycles. The summed E-state index contributed by atoms with van der Waals surface area (Å²) in [5, 5.41) is 4.23. The van der Waals surface area contributed by atoms with Crippen molar-refractivity contribution in [1.82, 2.24) is 0 Å². The second-order valence-electron chi connectivity index (χ2n) is 2.35. The number of hydrogen-bond donors (Lipinski definition) is 0. The van der Waals surface area contributed by atoms with E-state index < -0.39 is 0 Å². The van der Waals surface area contributed by atoms with Gasteiger partial charge < -0.3 is 5.32 Å². The third-order valence-corrected chi connectivity index (χ3v) is 1.56. The van der Waals surface area contributed by atoms with Crippen LogP contribution in [0.25, 0.3) is 5.32 Å². The summed E-state index contributed by atoms with van der Waals surface area (Å²) in [6, 6.07) is 0. The predicted molar refractivity (Wildman–Crippen MR) is 31.5 cm³/mol. The van der Waals surface area contributed by atoms with Crippen molar-refractivity contribution in [2.75, 3.05) is 13.1 Å². The van der Waals surface area contributed by atoms with Crippen molar-refractivity contribution in [3.63, 3.8) is 0 Å². The Balaban J connectivity index is 0.000000490. The van der Waals surface area contributed by atoms with E-state index in [1.165, 1.54) is 12.8 Å². The van der Waals surface area contributed by atoms with Crippen LogP contribution >= 0.6 is 0 Å². The molecule has 1 heterocycles. The van der Waals surface area contributed by atoms with Crippen molar-refractivity contribution >= 4 is 0 Å². The largest absolute Gasteiger partial charge is 1.00 e. The van der Waals surface area contributed by atoms with E-state index in [0.717, 1.165) is 19.0 Å². The van der Waals surface area contributed by atoms with E-state index in [1.807, 2.05) is 0 Å². The Labute approximate surface area is 64.0 Å². The fourth-order valence-electron chi connectivity index (χ4n) is 0.879. The maximum absolute atomic E-state index is 4.23. The minimum atomic E-state index is 0. The SMILES string of the molecule is CC1CC[N-]CC1.[Ru+]. The van der Waals surface area contributed by atoms with Crippen LogP contribution in [0.3, 0.4) is 0 Å². The van der Waals surface area contributed by atoms with Crippen molar-refractivity contribution < 1.29 is 19.5 Å². The van der Waals surface area contributed by atoms with Gasteiger partial charge in [0.1, 0.15) is 0 Å². The first kappa shape index (κ1) is 8.58. The van der Waals surface area contributed by atoms with Crippen LogP contribution in [0.15, 0.2) is 0 Å². The summed E-state index contributed by atoms with van der Waals surface area (Å²) < 4.78 is 0. The van der Waals surface area contributed by atoms with Crippen LogP contribution in [0, 0.1) is 5.92 Å². The van der Waals surface area contributed by atoms with Gasteiger partial charge in [0.25, 0.3) is 0 Å². The number of rotatable bonds is 0. The molecule has 1 radical (unpaired) electrons. The van der Waals surface area contributed by atoms with Crippen molar-refractivity contribution in [3.8, 4) is 0 Å². The van der Waals surface area contributed by atoms with Gasteiger partial charge in [-0.3, -0.25) is 0 Å². The van der Waals surface area contributed by atoms with Crippen molar-refractivity contribution in [3.05, 3.63) is 5.32 Å². The smallest absolute Gasteiger partial charge is 0.662 e. The van der Waals surface area contributed by atoms with E-state index >= 15 is 0 Å². The molecular formula is C6H12NRu. The molecule has 0 atom stereocenters. The Bertz CT molecular complexity index is 50.5. The molecule has 0 spiro atoms. The molecule has 1 aliphatic heterocycles. The van der Waals surface area contributed by atoms with Crippen LogP contribution in [0.4, 0.5) is 0 Å². The maximum Gasteiger partial charge on any atom is 1.00 e. The topological polar surface area (TPSA) is 14.1 Å². The molecule has 0 bridgehead atoms. The van der Waals surface area contributed by atoms with Gasteiger partial charge in [0, 0.05) is 0 Å². The molecule has 0 amide bonds. The summed E-state index contributed by atoms with van der Waals surface area (Å²) in [7, 11) is 0. The predicted octanol–water partition coefficient (Wildman–Crippen LogP) is 1.79. The fourth-order valence-corrected chi connectivity index (χ4v) is 0.879. The Hall–Kier alpha value is 0.583. The molecular weight excluding hydrogens is 187 g/mol. The van der Waals surface area contributed by atoms with Gasteiger partial charge in [0.2, 0.25) is 0 Å². The number of piperidine rings is 1. The van der Waals surface area contributed by atoms with Gasteiger partial charge >= 0.3 is 19.5 Å². The number of hydrogen-bond acceptors (Lipinski definition) is 0. The molecule has 49 valence electrons. The van der Waals surface area contributed by atoms with Crippen molar-refractivity contribution in [1.29, 1.82) is 0 Å². The summed E-state index contributed by atoms with van der Waals surface area (Å²) in [6.45, 7) is 4.52. The average molecular weight is 199 g/mol. The third-order valence-electron chi connectivity index (χ3n) is 1.56. The molecule has 0 aliphatic carbocycles. The van der Waals surface area contributed by atoms with Gasteiger partial charge in [-0.15, -0.1) is 13.1 Å². The van der Waals surface area contributed by atoms with Gasteiger partial charge in [-0.25, -0.2) is 0 Å². The van der Waals surface area contributed by atoms with Crippen LogP contribution in [0.1, 0.15) is 19.8 Å². The van der Waals surface area contributed by atoms with Crippen LogP contribution in [-0.4, -0.2) is 13.1 Å². The zero-order valence-corrected chi connectivity index (χ0v) is 6.94. The molecule has 1 aliphatic rings. The fraction of sp³-hybridized carbons (Fsp3) is 1.00. The summed E-state index contributed by atoms with van der Waals surface area (Å²) in [5.74, 6) is 0.942. The minimum absolute atomic E-state index is 0. The van der Waals surface area contributed by atoms with Gasteiger partial charge in [0.15, 0.2) is 0 Å². The first-order chi connectivity index (χ1) is 3.39. The summed E-state index contributed by atoms with van der Waals surface area (Å²) in [4.78, 5) is 0. The average Bonchev–Trinajstić information content (AvgIpc) is 1.69. The Morgan fingerprint density at radius 1 is 1.25 bits per heavy atom. The molecule has 0 aromatic carbocycles. The monoisotopic (exact) mass is 200 g/mol. The van der Waals surface area contributed by atoms with E-state index in [1.54, 1.807) is 0 Å². The summed E-state index contributed by atoms with van der Waals surface area (Å²) >= 11 is 0. The first-order valence-corrected chi connectivity index (χ1v) is 3.03. The van der Waals surface area contributed by atoms with Crippen LogP contribution < -0.4 is 0 Å². The molecule has 8 heavy (non-hydrogen) atoms. The minimum Gasteiger partial charge on any atom is -0.662 e. The van der Waals surface area contributed by atoms with Gasteiger partial charge in [-0.05, 0) is 5.92 Å². The van der Waals surface area contributed by atoms with Crippen molar-refractivity contribution in [2.45, 2.75) is 19.8 Å². The normalized spacial score (nSPS) is 22.1. The molecule has 2 heteroatoms. The molecule has 1 nitrogen and oxygen atoms in total. The van der Waals surface area contributed by atoms with Gasteiger partial charge in [-0.1, -0.05) is 19.8 Å². The van der Waals surface area contributed by atoms with E-state index in [-0.39, 0.29) is 19.5 Å². The third kappa shape index (κ3) is 2.79. The van der Waals surface area contributed by atoms with Crippen LogP contribution in [-0.2, 0) is 19.5 Å². The Morgan fingerprint density at radius 3 is 2.00 bits per heavy atom. The first-order valence-electron chi connectivity index (χ1n) is 3.03. The molecule has 0 N–H and O–H groups in total. The van der Waals surface area contributed by atoms with E-state index in [9.17, 15) is 0 Å². The zero-order chi connectivity index (χ0) is 5.11. The molecule has 1 rings (SSSR count). The number of nitrogens with zero attached hydrogens (tertiary/aromatic N) is 1. The quantitative estimate of drug-likeness (QED) is 0.528. The van der Waals surface area contributed by atoms with E-state index in [4.69, 9.17) is 0 Å². The van der Waals surface area contributed by atoms with Gasteiger partial charge in [-0.2, -0.15) is 0 Å². The second-order valence-corrected chi connectivity index (χ2v) is 2.35. The summed E-state index contributed by atoms with van der Waals surface area (Å²) in [6.07, 6.45) is 2.64. The maximum atomic E-state index is 4.23. The molecule has 0 unspecified atom stereocenters. The molecule has 1 fully saturated rings. The summed E-state index contributed by atoms with van der Waals surface area (Å²) in [5.41, 5.74) is 0. The van der Waals surface area contributed by atoms with Crippen LogP contribution in [0.5, 0.6) is 0 Å². The van der Waals surface area contributed by atoms with E-state index in [2.05, 4.69) is 12.2 Å². The molecule has 0 aromatic rings.